The van der Waals surface area contributed by atoms with Gasteiger partial charge in [0.1, 0.15) is 23.9 Å². The van der Waals surface area contributed by atoms with E-state index in [4.69, 9.17) is 14.2 Å². The van der Waals surface area contributed by atoms with Crippen LogP contribution in [0.2, 0.25) is 0 Å². The highest BCUT2D eigenvalue weighted by Crippen LogP contribution is 2.28. The molecule has 0 amide bonds. The highest BCUT2D eigenvalue weighted by atomic mass is 16.5. The molecule has 1 aromatic heterocycles. The summed E-state index contributed by atoms with van der Waals surface area (Å²) in [5.41, 5.74) is 1.05. The average molecular weight is 385 g/mol. The van der Waals surface area contributed by atoms with Crippen LogP contribution < -0.4 is 14.8 Å². The number of aromatic nitrogens is 1. The van der Waals surface area contributed by atoms with E-state index in [1.54, 1.807) is 6.20 Å². The number of hydrogen-bond donors (Lipinski definition) is 1. The smallest absolute Gasteiger partial charge is 0.320 e. The lowest BCUT2D eigenvalue weighted by Crippen LogP contribution is -2.32. The molecule has 1 aliphatic heterocycles. The van der Waals surface area contributed by atoms with Crippen molar-refractivity contribution in [1.29, 1.82) is 0 Å². The van der Waals surface area contributed by atoms with E-state index in [0.29, 0.717) is 32.9 Å². The van der Waals surface area contributed by atoms with Gasteiger partial charge in [-0.3, -0.25) is 9.69 Å². The third kappa shape index (κ3) is 6.13. The molecule has 0 fully saturated rings. The molecular weight excluding hydrogens is 358 g/mol. The molecule has 28 heavy (non-hydrogen) atoms. The number of anilines is 1. The Bertz CT molecular complexity index is 755. The monoisotopic (exact) mass is 385 g/mol. The van der Waals surface area contributed by atoms with Gasteiger partial charge in [-0.15, -0.1) is 0 Å². The third-order valence-electron chi connectivity index (χ3n) is 4.32. The van der Waals surface area contributed by atoms with Crippen molar-refractivity contribution in [3.05, 3.63) is 48.2 Å². The van der Waals surface area contributed by atoms with Gasteiger partial charge in [0.05, 0.1) is 19.8 Å². The van der Waals surface area contributed by atoms with E-state index in [1.807, 2.05) is 48.2 Å². The highest BCUT2D eigenvalue weighted by Gasteiger charge is 2.18. The molecule has 2 aromatic rings. The van der Waals surface area contributed by atoms with Gasteiger partial charge in [0.2, 0.25) is 0 Å². The normalized spacial score (nSPS) is 13.8. The molecule has 0 aliphatic carbocycles. The first-order valence-electron chi connectivity index (χ1n) is 9.66. The van der Waals surface area contributed by atoms with Gasteiger partial charge in [0, 0.05) is 37.5 Å². The molecule has 3 rings (SSSR count). The van der Waals surface area contributed by atoms with E-state index in [9.17, 15) is 4.79 Å². The number of carbonyl (C=O) groups excluding carboxylic acids is 1. The largest absolute Gasteiger partial charge is 0.493 e. The first-order valence-corrected chi connectivity index (χ1v) is 9.66. The molecule has 0 bridgehead atoms. The predicted molar refractivity (Wildman–Crippen MR) is 107 cm³/mol. The quantitative estimate of drug-likeness (QED) is 0.525. The second-order valence-corrected chi connectivity index (χ2v) is 6.48. The van der Waals surface area contributed by atoms with E-state index in [2.05, 4.69) is 10.3 Å². The Morgan fingerprint density at radius 1 is 1.32 bits per heavy atom. The lowest BCUT2D eigenvalue weighted by molar-refractivity contribution is -0.144. The van der Waals surface area contributed by atoms with E-state index in [-0.39, 0.29) is 12.5 Å². The molecule has 2 heterocycles. The van der Waals surface area contributed by atoms with E-state index >= 15 is 0 Å². The first kappa shape index (κ1) is 19.9. The molecule has 150 valence electrons. The first-order chi connectivity index (χ1) is 13.7. The van der Waals surface area contributed by atoms with E-state index < -0.39 is 0 Å². The number of carbonyl (C=O) groups is 1. The number of ether oxygens (including phenoxy) is 3. The van der Waals surface area contributed by atoms with Crippen LogP contribution in [0.1, 0.15) is 18.9 Å². The summed E-state index contributed by atoms with van der Waals surface area (Å²) < 4.78 is 16.7. The zero-order valence-corrected chi connectivity index (χ0v) is 16.2. The fourth-order valence-corrected chi connectivity index (χ4v) is 2.96. The van der Waals surface area contributed by atoms with Gasteiger partial charge in [0.15, 0.2) is 0 Å². The second kappa shape index (κ2) is 10.5. The minimum atomic E-state index is -0.204. The van der Waals surface area contributed by atoms with Crippen molar-refractivity contribution >= 4 is 11.8 Å². The number of esters is 1. The fourth-order valence-electron chi connectivity index (χ4n) is 2.96. The topological polar surface area (TPSA) is 72.9 Å². The summed E-state index contributed by atoms with van der Waals surface area (Å²) in [5.74, 6) is 2.27. The summed E-state index contributed by atoms with van der Waals surface area (Å²) in [6.45, 7) is 5.76. The maximum absolute atomic E-state index is 11.7. The number of fused-ring (bicyclic) bond motifs is 1. The van der Waals surface area contributed by atoms with Crippen LogP contribution in [0.3, 0.4) is 0 Å². The van der Waals surface area contributed by atoms with Gasteiger partial charge in [-0.05, 0) is 31.5 Å². The zero-order valence-electron chi connectivity index (χ0n) is 16.2. The molecule has 1 aromatic carbocycles. The summed E-state index contributed by atoms with van der Waals surface area (Å²) in [5, 5.41) is 3.26. The third-order valence-corrected chi connectivity index (χ3v) is 4.32. The lowest BCUT2D eigenvalue weighted by Gasteiger charge is -2.17. The van der Waals surface area contributed by atoms with Crippen LogP contribution in [0, 0.1) is 0 Å². The molecule has 0 atom stereocenters. The van der Waals surface area contributed by atoms with Crippen LogP contribution in [0.5, 0.6) is 11.5 Å². The van der Waals surface area contributed by atoms with Crippen LogP contribution >= 0.6 is 0 Å². The van der Waals surface area contributed by atoms with Crippen molar-refractivity contribution < 1.29 is 19.0 Å². The zero-order chi connectivity index (χ0) is 19.6. The van der Waals surface area contributed by atoms with Crippen molar-refractivity contribution in [2.45, 2.75) is 19.9 Å². The number of benzene rings is 1. The summed E-state index contributed by atoms with van der Waals surface area (Å²) in [7, 11) is 0. The number of hydrogen-bond acceptors (Lipinski definition) is 7. The number of nitrogens with zero attached hydrogens (tertiary/aromatic N) is 2. The van der Waals surface area contributed by atoms with Crippen LogP contribution in [-0.4, -0.2) is 55.3 Å². The Kier molecular flexibility index (Phi) is 7.49. The molecule has 0 saturated heterocycles. The van der Waals surface area contributed by atoms with Crippen molar-refractivity contribution in [3.63, 3.8) is 0 Å². The summed E-state index contributed by atoms with van der Waals surface area (Å²) in [6, 6.07) is 11.7. The van der Waals surface area contributed by atoms with Gasteiger partial charge < -0.3 is 19.5 Å². The van der Waals surface area contributed by atoms with Crippen LogP contribution in [0.4, 0.5) is 5.82 Å². The Morgan fingerprint density at radius 3 is 3.07 bits per heavy atom. The number of rotatable bonds is 9. The van der Waals surface area contributed by atoms with Crippen LogP contribution in [-0.2, 0) is 16.1 Å². The molecule has 0 unspecified atom stereocenters. The van der Waals surface area contributed by atoms with Gasteiger partial charge >= 0.3 is 5.97 Å². The summed E-state index contributed by atoms with van der Waals surface area (Å²) in [4.78, 5) is 18.0. The standard InChI is InChI=1S/C21H27N3O4/c1-2-26-21(25)16-24-11-13-28-19-14-18(8-7-17(19)15-24)27-12-5-10-23-20-6-3-4-9-22-20/h3-4,6-9,14H,2,5,10-13,15-16H2,1H3,(H,22,23). The fraction of sp³-hybridized carbons (Fsp3) is 0.429. The van der Waals surface area contributed by atoms with Crippen molar-refractivity contribution in [2.75, 3.05) is 44.8 Å². The minimum Gasteiger partial charge on any atom is -0.493 e. The van der Waals surface area contributed by atoms with Crippen molar-refractivity contribution in [3.8, 4) is 11.5 Å². The Morgan fingerprint density at radius 2 is 2.25 bits per heavy atom. The Balaban J connectivity index is 1.45. The van der Waals surface area contributed by atoms with Gasteiger partial charge in [-0.25, -0.2) is 4.98 Å². The summed E-state index contributed by atoms with van der Waals surface area (Å²) in [6.07, 6.45) is 2.63. The van der Waals surface area contributed by atoms with E-state index in [0.717, 1.165) is 35.8 Å². The summed E-state index contributed by atoms with van der Waals surface area (Å²) >= 11 is 0. The molecule has 0 radical (unpaired) electrons. The average Bonchev–Trinajstić information content (AvgIpc) is 2.90. The lowest BCUT2D eigenvalue weighted by atomic mass is 10.2. The van der Waals surface area contributed by atoms with Gasteiger partial charge in [-0.2, -0.15) is 0 Å². The van der Waals surface area contributed by atoms with Gasteiger partial charge in [-0.1, -0.05) is 12.1 Å². The minimum absolute atomic E-state index is 0.204. The Labute approximate surface area is 165 Å². The predicted octanol–water partition coefficient (Wildman–Crippen LogP) is 2.72. The maximum Gasteiger partial charge on any atom is 0.320 e. The second-order valence-electron chi connectivity index (χ2n) is 6.48. The number of nitrogens with one attached hydrogen (secondary N) is 1. The molecule has 1 aliphatic rings. The molecule has 7 nitrogen and oxygen atoms in total. The van der Waals surface area contributed by atoms with E-state index in [1.165, 1.54) is 0 Å². The van der Waals surface area contributed by atoms with Crippen LogP contribution in [0.25, 0.3) is 0 Å². The maximum atomic E-state index is 11.7. The molecular formula is C21H27N3O4. The Hall–Kier alpha value is -2.80. The molecule has 0 spiro atoms. The van der Waals surface area contributed by atoms with Crippen LogP contribution in [0.15, 0.2) is 42.6 Å². The van der Waals surface area contributed by atoms with Crippen molar-refractivity contribution in [1.82, 2.24) is 9.88 Å². The molecule has 7 heteroatoms. The molecule has 0 saturated carbocycles. The SMILES string of the molecule is CCOC(=O)CN1CCOc2cc(OCCCNc3ccccn3)ccc2C1. The number of pyridine rings is 1. The van der Waals surface area contributed by atoms with Crippen molar-refractivity contribution in [2.24, 2.45) is 0 Å². The highest BCUT2D eigenvalue weighted by molar-refractivity contribution is 5.71. The van der Waals surface area contributed by atoms with Gasteiger partial charge in [0.25, 0.3) is 0 Å². The molecule has 1 N–H and O–H groups in total.